The van der Waals surface area contributed by atoms with E-state index in [4.69, 9.17) is 0 Å². The molecule has 0 aliphatic carbocycles. The summed E-state index contributed by atoms with van der Waals surface area (Å²) in [6.45, 7) is 8.87. The summed E-state index contributed by atoms with van der Waals surface area (Å²) in [5.74, 6) is 0. The van der Waals surface area contributed by atoms with Gasteiger partial charge in [-0.2, -0.15) is 0 Å². The van der Waals surface area contributed by atoms with E-state index in [9.17, 15) is 4.79 Å². The number of hydrogen-bond donors (Lipinski definition) is 0. The number of carbonyl (C=O) groups excluding carboxylic acids is 1. The van der Waals surface area contributed by atoms with E-state index >= 15 is 0 Å². The Morgan fingerprint density at radius 2 is 2.00 bits per heavy atom. The van der Waals surface area contributed by atoms with Crippen molar-refractivity contribution < 1.29 is 4.79 Å². The molecule has 0 spiro atoms. The Morgan fingerprint density at radius 3 is 2.50 bits per heavy atom. The molecule has 0 aliphatic heterocycles. The topological polar surface area (TPSA) is 20.3 Å². The SMILES string of the molecule is CCN(Sc1ccccc1C)C(C)(C)C=O. The number of nitrogens with zero attached hydrogens (tertiary/aromatic N) is 1. The van der Waals surface area contributed by atoms with Gasteiger partial charge in [-0.3, -0.25) is 0 Å². The summed E-state index contributed by atoms with van der Waals surface area (Å²) in [4.78, 5) is 12.3. The number of aldehydes is 1. The summed E-state index contributed by atoms with van der Waals surface area (Å²) in [6, 6.07) is 8.23. The molecule has 3 heteroatoms. The summed E-state index contributed by atoms with van der Waals surface area (Å²) in [7, 11) is 0. The van der Waals surface area contributed by atoms with E-state index < -0.39 is 5.54 Å². The summed E-state index contributed by atoms with van der Waals surface area (Å²) >= 11 is 1.65. The largest absolute Gasteiger partial charge is 0.301 e. The van der Waals surface area contributed by atoms with Crippen LogP contribution in [0.5, 0.6) is 0 Å². The minimum absolute atomic E-state index is 0.429. The summed E-state index contributed by atoms with van der Waals surface area (Å²) in [5, 5.41) is 0. The van der Waals surface area contributed by atoms with E-state index in [1.807, 2.05) is 26.0 Å². The molecule has 0 atom stereocenters. The Hall–Kier alpha value is -0.800. The first-order chi connectivity index (χ1) is 7.51. The Morgan fingerprint density at radius 1 is 1.38 bits per heavy atom. The van der Waals surface area contributed by atoms with Crippen molar-refractivity contribution in [1.29, 1.82) is 0 Å². The zero-order valence-electron chi connectivity index (χ0n) is 10.4. The molecule has 0 amide bonds. The molecule has 0 fully saturated rings. The lowest BCUT2D eigenvalue weighted by Gasteiger charge is -2.32. The predicted molar refractivity (Wildman–Crippen MR) is 69.6 cm³/mol. The van der Waals surface area contributed by atoms with Crippen LogP contribution in [0.25, 0.3) is 0 Å². The van der Waals surface area contributed by atoms with Crippen molar-refractivity contribution in [3.8, 4) is 0 Å². The van der Waals surface area contributed by atoms with Gasteiger partial charge in [-0.1, -0.05) is 25.1 Å². The molecule has 1 rings (SSSR count). The molecule has 16 heavy (non-hydrogen) atoms. The lowest BCUT2D eigenvalue weighted by molar-refractivity contribution is -0.114. The van der Waals surface area contributed by atoms with Gasteiger partial charge in [0.15, 0.2) is 0 Å². The van der Waals surface area contributed by atoms with Gasteiger partial charge in [-0.15, -0.1) is 0 Å². The van der Waals surface area contributed by atoms with Crippen LogP contribution in [0.15, 0.2) is 29.2 Å². The van der Waals surface area contributed by atoms with Gasteiger partial charge in [0, 0.05) is 11.4 Å². The number of likely N-dealkylation sites (N-methyl/N-ethyl adjacent to an activating group) is 1. The van der Waals surface area contributed by atoms with E-state index in [1.54, 1.807) is 11.9 Å². The quantitative estimate of drug-likeness (QED) is 0.579. The zero-order chi connectivity index (χ0) is 12.2. The van der Waals surface area contributed by atoms with E-state index in [0.29, 0.717) is 0 Å². The van der Waals surface area contributed by atoms with Crippen LogP contribution in [0.3, 0.4) is 0 Å². The van der Waals surface area contributed by atoms with Crippen LogP contribution in [0.4, 0.5) is 0 Å². The maximum atomic E-state index is 11.0. The normalized spacial score (nSPS) is 11.8. The lowest BCUT2D eigenvalue weighted by atomic mass is 10.1. The summed E-state index contributed by atoms with van der Waals surface area (Å²) in [5.41, 5.74) is 0.814. The lowest BCUT2D eigenvalue weighted by Crippen LogP contribution is -2.40. The highest BCUT2D eigenvalue weighted by Crippen LogP contribution is 2.30. The minimum atomic E-state index is -0.429. The smallest absolute Gasteiger partial charge is 0.140 e. The fourth-order valence-corrected chi connectivity index (χ4v) is 2.42. The molecule has 0 radical (unpaired) electrons. The van der Waals surface area contributed by atoms with Crippen LogP contribution in [-0.2, 0) is 4.79 Å². The van der Waals surface area contributed by atoms with Gasteiger partial charge in [0.25, 0.3) is 0 Å². The fraction of sp³-hybridized carbons (Fsp3) is 0.462. The van der Waals surface area contributed by atoms with Crippen LogP contribution in [0, 0.1) is 6.92 Å². The Balaban J connectivity index is 2.86. The van der Waals surface area contributed by atoms with E-state index in [1.165, 1.54) is 10.5 Å². The first-order valence-corrected chi connectivity index (χ1v) is 6.26. The molecule has 0 bridgehead atoms. The third-order valence-electron chi connectivity index (χ3n) is 2.52. The molecule has 0 unspecified atom stereocenters. The molecular weight excluding hydrogens is 218 g/mol. The number of hydrogen-bond acceptors (Lipinski definition) is 3. The van der Waals surface area contributed by atoms with Gasteiger partial charge in [0.2, 0.25) is 0 Å². The highest BCUT2D eigenvalue weighted by molar-refractivity contribution is 7.97. The molecule has 1 aromatic carbocycles. The summed E-state index contributed by atoms with van der Waals surface area (Å²) < 4.78 is 2.10. The Bertz CT molecular complexity index is 363. The molecule has 0 saturated carbocycles. The Kier molecular flexibility index (Phi) is 4.56. The monoisotopic (exact) mass is 237 g/mol. The van der Waals surface area contributed by atoms with E-state index in [2.05, 4.69) is 30.3 Å². The number of carbonyl (C=O) groups is 1. The van der Waals surface area contributed by atoms with Gasteiger partial charge < -0.3 is 4.79 Å². The van der Waals surface area contributed by atoms with Gasteiger partial charge >= 0.3 is 0 Å². The van der Waals surface area contributed by atoms with E-state index in [-0.39, 0.29) is 0 Å². The molecule has 0 heterocycles. The van der Waals surface area contributed by atoms with Crippen molar-refractivity contribution in [3.63, 3.8) is 0 Å². The number of benzene rings is 1. The van der Waals surface area contributed by atoms with Crippen molar-refractivity contribution in [2.45, 2.75) is 38.1 Å². The molecule has 0 N–H and O–H groups in total. The van der Waals surface area contributed by atoms with Crippen molar-refractivity contribution in [1.82, 2.24) is 4.31 Å². The van der Waals surface area contributed by atoms with Crippen LogP contribution < -0.4 is 0 Å². The highest BCUT2D eigenvalue weighted by Gasteiger charge is 2.26. The first kappa shape index (κ1) is 13.3. The van der Waals surface area contributed by atoms with Gasteiger partial charge in [-0.05, 0) is 44.3 Å². The second-order valence-electron chi connectivity index (χ2n) is 4.32. The predicted octanol–water partition coefficient (Wildman–Crippen LogP) is 3.30. The molecule has 0 aliphatic rings. The minimum Gasteiger partial charge on any atom is -0.301 e. The van der Waals surface area contributed by atoms with Crippen LogP contribution in [0.1, 0.15) is 26.3 Å². The fourth-order valence-electron chi connectivity index (χ4n) is 1.43. The second kappa shape index (κ2) is 5.51. The average Bonchev–Trinajstić information content (AvgIpc) is 2.27. The van der Waals surface area contributed by atoms with Crippen molar-refractivity contribution >= 4 is 18.2 Å². The third kappa shape index (κ3) is 3.09. The molecule has 2 nitrogen and oxygen atoms in total. The third-order valence-corrected chi connectivity index (χ3v) is 4.12. The van der Waals surface area contributed by atoms with Crippen molar-refractivity contribution in [2.75, 3.05) is 6.54 Å². The molecular formula is C13H19NOS. The van der Waals surface area contributed by atoms with E-state index in [0.717, 1.165) is 12.8 Å². The second-order valence-corrected chi connectivity index (χ2v) is 5.39. The van der Waals surface area contributed by atoms with Crippen LogP contribution in [0.2, 0.25) is 0 Å². The van der Waals surface area contributed by atoms with Crippen molar-refractivity contribution in [3.05, 3.63) is 29.8 Å². The van der Waals surface area contributed by atoms with Crippen LogP contribution in [-0.4, -0.2) is 22.7 Å². The van der Waals surface area contributed by atoms with Gasteiger partial charge in [0.1, 0.15) is 6.29 Å². The average molecular weight is 237 g/mol. The zero-order valence-corrected chi connectivity index (χ0v) is 11.2. The molecule has 0 saturated heterocycles. The highest BCUT2D eigenvalue weighted by atomic mass is 32.2. The Labute approximate surface area is 102 Å². The standard InChI is InChI=1S/C13H19NOS/c1-5-14(13(3,4)10-15)16-12-9-7-6-8-11(12)2/h6-10H,5H2,1-4H3. The van der Waals surface area contributed by atoms with Gasteiger partial charge in [0.05, 0.1) is 5.54 Å². The first-order valence-electron chi connectivity index (χ1n) is 5.49. The molecule has 1 aromatic rings. The van der Waals surface area contributed by atoms with Crippen molar-refractivity contribution in [2.24, 2.45) is 0 Å². The maximum Gasteiger partial charge on any atom is 0.140 e. The number of aryl methyl sites for hydroxylation is 1. The molecule has 0 aromatic heterocycles. The van der Waals surface area contributed by atoms with Gasteiger partial charge in [-0.25, -0.2) is 4.31 Å². The molecule has 88 valence electrons. The maximum absolute atomic E-state index is 11.0. The van der Waals surface area contributed by atoms with Crippen LogP contribution >= 0.6 is 11.9 Å². The summed E-state index contributed by atoms with van der Waals surface area (Å²) in [6.07, 6.45) is 1.00. The number of rotatable bonds is 5.